The van der Waals surface area contributed by atoms with Crippen LogP contribution in [-0.2, 0) is 4.79 Å². The van der Waals surface area contributed by atoms with Gasteiger partial charge in [-0.05, 0) is 36.4 Å². The number of allylic oxidation sites excluding steroid dienone is 1. The Labute approximate surface area is 164 Å². The third kappa shape index (κ3) is 4.30. The van der Waals surface area contributed by atoms with Crippen LogP contribution in [0.3, 0.4) is 0 Å². The zero-order chi connectivity index (χ0) is 19.4. The Morgan fingerprint density at radius 1 is 1.15 bits per heavy atom. The van der Waals surface area contributed by atoms with E-state index < -0.39 is 5.82 Å². The standard InChI is InChI=1S/C20H14ClFN2O2S/c1-13(25)24(18-9-5-4-8-17(18)22)20-23-14(12-27-20)10-11-19(26)15-6-2-3-7-16(15)21/h2-12H,1H3/b11-10+. The number of para-hydroxylation sites is 1. The van der Waals surface area contributed by atoms with E-state index in [0.29, 0.717) is 21.4 Å². The fourth-order valence-electron chi connectivity index (χ4n) is 2.41. The van der Waals surface area contributed by atoms with Gasteiger partial charge in [-0.3, -0.25) is 14.5 Å². The second-order valence-corrected chi connectivity index (χ2v) is 6.78. The molecule has 0 unspecified atom stereocenters. The lowest BCUT2D eigenvalue weighted by atomic mass is 10.1. The van der Waals surface area contributed by atoms with Gasteiger partial charge in [0.2, 0.25) is 5.91 Å². The Balaban J connectivity index is 1.85. The minimum absolute atomic E-state index is 0.127. The predicted octanol–water partition coefficient (Wildman–Crippen LogP) is 5.52. The molecule has 7 heteroatoms. The summed E-state index contributed by atoms with van der Waals surface area (Å²) >= 11 is 7.19. The van der Waals surface area contributed by atoms with Crippen LogP contribution in [0.25, 0.3) is 6.08 Å². The molecular formula is C20H14ClFN2O2S. The molecule has 0 saturated heterocycles. The highest BCUT2D eigenvalue weighted by molar-refractivity contribution is 7.14. The molecule has 1 aromatic heterocycles. The molecule has 0 aliphatic rings. The summed E-state index contributed by atoms with van der Waals surface area (Å²) in [6.07, 6.45) is 2.90. The van der Waals surface area contributed by atoms with Gasteiger partial charge in [-0.1, -0.05) is 35.9 Å². The van der Waals surface area contributed by atoms with Crippen LogP contribution in [-0.4, -0.2) is 16.7 Å². The van der Waals surface area contributed by atoms with Crippen LogP contribution >= 0.6 is 22.9 Å². The van der Waals surface area contributed by atoms with E-state index in [4.69, 9.17) is 11.6 Å². The van der Waals surface area contributed by atoms with E-state index in [9.17, 15) is 14.0 Å². The number of anilines is 2. The normalized spacial score (nSPS) is 10.9. The van der Waals surface area contributed by atoms with Gasteiger partial charge in [0, 0.05) is 17.9 Å². The predicted molar refractivity (Wildman–Crippen MR) is 106 cm³/mol. The van der Waals surface area contributed by atoms with Gasteiger partial charge < -0.3 is 0 Å². The van der Waals surface area contributed by atoms with E-state index in [-0.39, 0.29) is 17.4 Å². The smallest absolute Gasteiger partial charge is 0.230 e. The van der Waals surface area contributed by atoms with Crippen molar-refractivity contribution < 1.29 is 14.0 Å². The molecule has 4 nitrogen and oxygen atoms in total. The lowest BCUT2D eigenvalue weighted by Gasteiger charge is -2.18. The Morgan fingerprint density at radius 2 is 1.85 bits per heavy atom. The van der Waals surface area contributed by atoms with E-state index in [2.05, 4.69) is 4.98 Å². The highest BCUT2D eigenvalue weighted by Crippen LogP contribution is 2.31. The van der Waals surface area contributed by atoms with Gasteiger partial charge in [0.05, 0.1) is 16.4 Å². The maximum atomic E-state index is 14.1. The molecule has 1 amide bonds. The Hall–Kier alpha value is -2.83. The first kappa shape index (κ1) is 18.9. The summed E-state index contributed by atoms with van der Waals surface area (Å²) in [7, 11) is 0. The number of thiazole rings is 1. The molecule has 0 fully saturated rings. The molecule has 3 aromatic rings. The number of carbonyl (C=O) groups is 2. The number of ketones is 1. The maximum Gasteiger partial charge on any atom is 0.230 e. The van der Waals surface area contributed by atoms with Crippen LogP contribution in [0.1, 0.15) is 23.0 Å². The van der Waals surface area contributed by atoms with E-state index in [1.165, 1.54) is 47.4 Å². The molecule has 0 atom stereocenters. The van der Waals surface area contributed by atoms with Gasteiger partial charge in [-0.15, -0.1) is 11.3 Å². The number of nitrogens with zero attached hydrogens (tertiary/aromatic N) is 2. The van der Waals surface area contributed by atoms with Crippen LogP contribution < -0.4 is 4.90 Å². The third-order valence-corrected chi connectivity index (χ3v) is 4.83. The summed E-state index contributed by atoms with van der Waals surface area (Å²) < 4.78 is 14.1. The van der Waals surface area contributed by atoms with E-state index in [1.54, 1.807) is 41.8 Å². The average molecular weight is 401 g/mol. The Bertz CT molecular complexity index is 1030. The molecule has 1 heterocycles. The first-order valence-electron chi connectivity index (χ1n) is 7.95. The average Bonchev–Trinajstić information content (AvgIpc) is 3.10. The summed E-state index contributed by atoms with van der Waals surface area (Å²) in [6, 6.07) is 12.7. The number of hydrogen-bond acceptors (Lipinski definition) is 4. The molecule has 0 bridgehead atoms. The van der Waals surface area contributed by atoms with Gasteiger partial charge in [0.1, 0.15) is 5.82 Å². The van der Waals surface area contributed by atoms with Crippen molar-refractivity contribution in [1.82, 2.24) is 4.98 Å². The summed E-state index contributed by atoms with van der Waals surface area (Å²) in [4.78, 5) is 29.8. The van der Waals surface area contributed by atoms with Crippen molar-refractivity contribution in [2.45, 2.75) is 6.92 Å². The van der Waals surface area contributed by atoms with Crippen molar-refractivity contribution in [3.05, 3.63) is 82.1 Å². The molecule has 2 aromatic carbocycles. The van der Waals surface area contributed by atoms with Gasteiger partial charge in [-0.2, -0.15) is 0 Å². The SMILES string of the molecule is CC(=O)N(c1nc(/C=C/C(=O)c2ccccc2Cl)cs1)c1ccccc1F. The van der Waals surface area contributed by atoms with Gasteiger partial charge >= 0.3 is 0 Å². The monoisotopic (exact) mass is 400 g/mol. The van der Waals surface area contributed by atoms with Gasteiger partial charge in [0.15, 0.2) is 10.9 Å². The summed E-state index contributed by atoms with van der Waals surface area (Å²) in [5.74, 6) is -1.14. The second kappa shape index (κ2) is 8.24. The number of amides is 1. The highest BCUT2D eigenvalue weighted by atomic mass is 35.5. The minimum atomic E-state index is -0.520. The molecular weight excluding hydrogens is 387 g/mol. The largest absolute Gasteiger partial charge is 0.289 e. The first-order valence-corrected chi connectivity index (χ1v) is 9.21. The fraction of sp³-hybridized carbons (Fsp3) is 0.0500. The third-order valence-electron chi connectivity index (χ3n) is 3.65. The lowest BCUT2D eigenvalue weighted by Crippen LogP contribution is -2.23. The van der Waals surface area contributed by atoms with Crippen molar-refractivity contribution in [1.29, 1.82) is 0 Å². The Morgan fingerprint density at radius 3 is 2.56 bits per heavy atom. The summed E-state index contributed by atoms with van der Waals surface area (Å²) in [5, 5.41) is 2.37. The van der Waals surface area contributed by atoms with Crippen molar-refractivity contribution in [2.24, 2.45) is 0 Å². The number of rotatable bonds is 5. The van der Waals surface area contributed by atoms with Crippen LogP contribution in [0.2, 0.25) is 5.02 Å². The van der Waals surface area contributed by atoms with E-state index in [0.717, 1.165) is 0 Å². The molecule has 0 aliphatic heterocycles. The summed E-state index contributed by atoms with van der Waals surface area (Å²) in [5.41, 5.74) is 1.00. The molecule has 27 heavy (non-hydrogen) atoms. The van der Waals surface area contributed by atoms with Gasteiger partial charge in [-0.25, -0.2) is 9.37 Å². The van der Waals surface area contributed by atoms with Crippen molar-refractivity contribution in [3.63, 3.8) is 0 Å². The maximum absolute atomic E-state index is 14.1. The second-order valence-electron chi connectivity index (χ2n) is 5.54. The molecule has 0 N–H and O–H groups in total. The Kier molecular flexibility index (Phi) is 5.78. The quantitative estimate of drug-likeness (QED) is 0.418. The number of hydrogen-bond donors (Lipinski definition) is 0. The number of benzene rings is 2. The fourth-order valence-corrected chi connectivity index (χ4v) is 3.48. The van der Waals surface area contributed by atoms with Crippen molar-refractivity contribution in [3.8, 4) is 0 Å². The van der Waals surface area contributed by atoms with E-state index in [1.807, 2.05) is 0 Å². The molecule has 0 radical (unpaired) electrons. The van der Waals surface area contributed by atoms with Crippen LogP contribution in [0.5, 0.6) is 0 Å². The number of halogens is 2. The number of carbonyl (C=O) groups excluding carboxylic acids is 2. The van der Waals surface area contributed by atoms with Crippen molar-refractivity contribution >= 4 is 51.5 Å². The van der Waals surface area contributed by atoms with Crippen LogP contribution in [0.4, 0.5) is 15.2 Å². The summed E-state index contributed by atoms with van der Waals surface area (Å²) in [6.45, 7) is 1.34. The lowest BCUT2D eigenvalue weighted by molar-refractivity contribution is -0.115. The van der Waals surface area contributed by atoms with Gasteiger partial charge in [0.25, 0.3) is 0 Å². The zero-order valence-electron chi connectivity index (χ0n) is 14.2. The molecule has 3 rings (SSSR count). The van der Waals surface area contributed by atoms with E-state index >= 15 is 0 Å². The minimum Gasteiger partial charge on any atom is -0.289 e. The topological polar surface area (TPSA) is 50.3 Å². The molecule has 0 spiro atoms. The highest BCUT2D eigenvalue weighted by Gasteiger charge is 2.20. The van der Waals surface area contributed by atoms with Crippen LogP contribution in [0, 0.1) is 5.82 Å². The molecule has 136 valence electrons. The first-order chi connectivity index (χ1) is 13.0. The molecule has 0 aliphatic carbocycles. The van der Waals surface area contributed by atoms with Crippen molar-refractivity contribution in [2.75, 3.05) is 4.90 Å². The number of aromatic nitrogens is 1. The zero-order valence-corrected chi connectivity index (χ0v) is 15.8. The van der Waals surface area contributed by atoms with Crippen LogP contribution in [0.15, 0.2) is 60.0 Å². The molecule has 0 saturated carbocycles.